The molecule has 1 aliphatic rings. The summed E-state index contributed by atoms with van der Waals surface area (Å²) < 4.78 is 10.6. The van der Waals surface area contributed by atoms with E-state index in [1.165, 1.54) is 0 Å². The van der Waals surface area contributed by atoms with Crippen LogP contribution in [0.1, 0.15) is 16.8 Å². The summed E-state index contributed by atoms with van der Waals surface area (Å²) >= 11 is 0. The highest BCUT2D eigenvalue weighted by Gasteiger charge is 2.18. The number of carbonyl (C=O) groups excluding carboxylic acids is 1. The van der Waals surface area contributed by atoms with Gasteiger partial charge in [0.25, 0.3) is 0 Å². The number of anilines is 2. The molecule has 0 aliphatic carbocycles. The molecule has 1 heterocycles. The van der Waals surface area contributed by atoms with E-state index in [1.807, 2.05) is 42.5 Å². The number of hydrogen-bond donors (Lipinski definition) is 1. The zero-order chi connectivity index (χ0) is 13.9. The Kier molecular flexibility index (Phi) is 3.29. The molecular formula is C16H15NO3. The van der Waals surface area contributed by atoms with Gasteiger partial charge in [-0.05, 0) is 36.4 Å². The maximum absolute atomic E-state index is 11.7. The number of Topliss-reactive ketones (excluding diaryl/α,β-unsaturated/α-hetero) is 1. The molecule has 0 spiro atoms. The maximum atomic E-state index is 11.7. The van der Waals surface area contributed by atoms with Gasteiger partial charge in [0, 0.05) is 23.9 Å². The van der Waals surface area contributed by atoms with Gasteiger partial charge in [-0.25, -0.2) is 0 Å². The Balaban J connectivity index is 1.82. The van der Waals surface area contributed by atoms with Crippen LogP contribution in [-0.2, 0) is 0 Å². The predicted octanol–water partition coefficient (Wildman–Crippen LogP) is 3.40. The quantitative estimate of drug-likeness (QED) is 0.927. The third-order valence-electron chi connectivity index (χ3n) is 3.25. The fourth-order valence-corrected chi connectivity index (χ4v) is 2.18. The Bertz CT molecular complexity index is 635. The van der Waals surface area contributed by atoms with Crippen LogP contribution in [0.3, 0.4) is 0 Å². The number of rotatable bonds is 3. The normalized spacial score (nSPS) is 13.3. The zero-order valence-corrected chi connectivity index (χ0v) is 11.2. The van der Waals surface area contributed by atoms with Gasteiger partial charge in [-0.15, -0.1) is 0 Å². The largest absolute Gasteiger partial charge is 0.497 e. The minimum absolute atomic E-state index is 0.141. The van der Waals surface area contributed by atoms with Crippen LogP contribution in [0.2, 0.25) is 0 Å². The van der Waals surface area contributed by atoms with Crippen LogP contribution >= 0.6 is 0 Å². The van der Waals surface area contributed by atoms with E-state index in [1.54, 1.807) is 7.11 Å². The number of ether oxygens (including phenoxy) is 2. The number of nitrogens with one attached hydrogen (secondary N) is 1. The second kappa shape index (κ2) is 5.25. The first-order valence-electron chi connectivity index (χ1n) is 6.47. The van der Waals surface area contributed by atoms with Crippen molar-refractivity contribution in [2.75, 3.05) is 19.0 Å². The summed E-state index contributed by atoms with van der Waals surface area (Å²) in [7, 11) is 1.64. The second-order valence-corrected chi connectivity index (χ2v) is 4.59. The van der Waals surface area contributed by atoms with Crippen molar-refractivity contribution in [3.05, 3.63) is 48.0 Å². The number of ketones is 1. The average Bonchev–Trinajstić information content (AvgIpc) is 2.48. The molecule has 4 heteroatoms. The van der Waals surface area contributed by atoms with Crippen molar-refractivity contribution >= 4 is 17.2 Å². The highest BCUT2D eigenvalue weighted by Crippen LogP contribution is 2.29. The molecule has 1 aliphatic heterocycles. The predicted molar refractivity (Wildman–Crippen MR) is 77.2 cm³/mol. The monoisotopic (exact) mass is 269 g/mol. The molecule has 0 radical (unpaired) electrons. The van der Waals surface area contributed by atoms with Gasteiger partial charge in [0.1, 0.15) is 11.5 Å². The molecule has 3 rings (SSSR count). The van der Waals surface area contributed by atoms with Crippen LogP contribution in [0, 0.1) is 0 Å². The third kappa shape index (κ3) is 2.45. The summed E-state index contributed by atoms with van der Waals surface area (Å²) in [6, 6.07) is 13.2. The lowest BCUT2D eigenvalue weighted by Gasteiger charge is -2.17. The van der Waals surface area contributed by atoms with Crippen LogP contribution in [0.4, 0.5) is 11.4 Å². The van der Waals surface area contributed by atoms with Crippen LogP contribution in [-0.4, -0.2) is 19.5 Å². The first-order valence-corrected chi connectivity index (χ1v) is 6.47. The summed E-state index contributed by atoms with van der Waals surface area (Å²) in [5.74, 6) is 1.61. The van der Waals surface area contributed by atoms with E-state index < -0.39 is 0 Å². The summed E-state index contributed by atoms with van der Waals surface area (Å²) in [5.41, 5.74) is 2.51. The molecule has 0 saturated heterocycles. The zero-order valence-electron chi connectivity index (χ0n) is 11.2. The molecule has 20 heavy (non-hydrogen) atoms. The summed E-state index contributed by atoms with van der Waals surface area (Å²) in [5, 5.41) is 3.27. The molecule has 4 nitrogen and oxygen atoms in total. The topological polar surface area (TPSA) is 47.6 Å². The minimum Gasteiger partial charge on any atom is -0.497 e. The molecule has 0 bridgehead atoms. The van der Waals surface area contributed by atoms with Crippen molar-refractivity contribution in [2.24, 2.45) is 0 Å². The van der Waals surface area contributed by atoms with Gasteiger partial charge in [0.2, 0.25) is 0 Å². The van der Waals surface area contributed by atoms with Crippen LogP contribution < -0.4 is 14.8 Å². The molecule has 0 saturated carbocycles. The van der Waals surface area contributed by atoms with Crippen LogP contribution in [0.25, 0.3) is 0 Å². The number of methoxy groups -OCH3 is 1. The lowest BCUT2D eigenvalue weighted by molar-refractivity contribution is 0.0933. The van der Waals surface area contributed by atoms with Crippen molar-refractivity contribution in [1.82, 2.24) is 0 Å². The maximum Gasteiger partial charge on any atom is 0.169 e. The highest BCUT2D eigenvalue weighted by atomic mass is 16.5. The highest BCUT2D eigenvalue weighted by molar-refractivity contribution is 6.00. The van der Waals surface area contributed by atoms with Gasteiger partial charge in [-0.3, -0.25) is 4.79 Å². The van der Waals surface area contributed by atoms with Crippen molar-refractivity contribution in [2.45, 2.75) is 6.42 Å². The van der Waals surface area contributed by atoms with Gasteiger partial charge in [0.05, 0.1) is 19.3 Å². The fraction of sp³-hybridized carbons (Fsp3) is 0.188. The van der Waals surface area contributed by atoms with Crippen molar-refractivity contribution in [3.8, 4) is 11.5 Å². The third-order valence-corrected chi connectivity index (χ3v) is 3.25. The van der Waals surface area contributed by atoms with E-state index in [4.69, 9.17) is 9.47 Å². The first-order chi connectivity index (χ1) is 9.76. The van der Waals surface area contributed by atoms with E-state index in [0.717, 1.165) is 17.1 Å². The molecule has 102 valence electrons. The summed E-state index contributed by atoms with van der Waals surface area (Å²) in [4.78, 5) is 11.7. The number of hydrogen-bond acceptors (Lipinski definition) is 4. The molecule has 0 amide bonds. The van der Waals surface area contributed by atoms with Crippen LogP contribution in [0.15, 0.2) is 42.5 Å². The smallest absolute Gasteiger partial charge is 0.169 e. The summed E-state index contributed by atoms with van der Waals surface area (Å²) in [6.07, 6.45) is 0.457. The number of carbonyl (C=O) groups is 1. The van der Waals surface area contributed by atoms with Gasteiger partial charge in [0.15, 0.2) is 5.78 Å². The minimum atomic E-state index is 0.141. The van der Waals surface area contributed by atoms with Crippen molar-refractivity contribution in [3.63, 3.8) is 0 Å². The van der Waals surface area contributed by atoms with Crippen molar-refractivity contribution in [1.29, 1.82) is 0 Å². The molecule has 0 fully saturated rings. The standard InChI is InChI=1S/C16H15NO3/c1-19-13-5-2-11(3-6-13)17-12-4-7-14-15(18)8-9-20-16(14)10-12/h2-7,10,17H,8-9H2,1H3. The Hall–Kier alpha value is -2.49. The van der Waals surface area contributed by atoms with E-state index in [-0.39, 0.29) is 5.78 Å². The van der Waals surface area contributed by atoms with Gasteiger partial charge in [-0.1, -0.05) is 0 Å². The molecule has 0 unspecified atom stereocenters. The molecule has 0 atom stereocenters. The number of fused-ring (bicyclic) bond motifs is 1. The Morgan fingerprint density at radius 1 is 1.10 bits per heavy atom. The Morgan fingerprint density at radius 3 is 2.60 bits per heavy atom. The first kappa shape index (κ1) is 12.5. The van der Waals surface area contributed by atoms with E-state index in [0.29, 0.717) is 24.3 Å². The van der Waals surface area contributed by atoms with Crippen molar-refractivity contribution < 1.29 is 14.3 Å². The van der Waals surface area contributed by atoms with Gasteiger partial charge < -0.3 is 14.8 Å². The van der Waals surface area contributed by atoms with Gasteiger partial charge >= 0.3 is 0 Å². The Labute approximate surface area is 117 Å². The lowest BCUT2D eigenvalue weighted by Crippen LogP contribution is -2.15. The lowest BCUT2D eigenvalue weighted by atomic mass is 10.0. The number of benzene rings is 2. The van der Waals surface area contributed by atoms with E-state index in [2.05, 4.69) is 5.32 Å². The second-order valence-electron chi connectivity index (χ2n) is 4.59. The molecular weight excluding hydrogens is 254 g/mol. The summed E-state index contributed by atoms with van der Waals surface area (Å²) in [6.45, 7) is 0.456. The van der Waals surface area contributed by atoms with Crippen LogP contribution in [0.5, 0.6) is 11.5 Å². The molecule has 1 N–H and O–H groups in total. The molecule has 2 aromatic carbocycles. The van der Waals surface area contributed by atoms with E-state index >= 15 is 0 Å². The molecule has 0 aromatic heterocycles. The molecule has 2 aromatic rings. The van der Waals surface area contributed by atoms with E-state index in [9.17, 15) is 4.79 Å². The average molecular weight is 269 g/mol. The fourth-order valence-electron chi connectivity index (χ4n) is 2.18. The Morgan fingerprint density at radius 2 is 1.85 bits per heavy atom. The van der Waals surface area contributed by atoms with Gasteiger partial charge in [-0.2, -0.15) is 0 Å². The SMILES string of the molecule is COc1ccc(Nc2ccc3c(c2)OCCC3=O)cc1.